The van der Waals surface area contributed by atoms with E-state index in [-0.39, 0.29) is 17.7 Å². The number of methoxy groups -OCH3 is 2. The van der Waals surface area contributed by atoms with Crippen molar-refractivity contribution >= 4 is 40.0 Å². The molecule has 2 amide bonds. The first-order valence-electron chi connectivity index (χ1n) is 10.4. The molecule has 0 spiro atoms. The van der Waals surface area contributed by atoms with Gasteiger partial charge in [0, 0.05) is 30.6 Å². The Morgan fingerprint density at radius 1 is 1.15 bits per heavy atom. The zero-order valence-corrected chi connectivity index (χ0v) is 19.4. The third-order valence-corrected chi connectivity index (χ3v) is 6.39. The third-order valence-electron chi connectivity index (χ3n) is 5.39. The second kappa shape index (κ2) is 9.83. The van der Waals surface area contributed by atoms with E-state index in [2.05, 4.69) is 15.5 Å². The number of hydrogen-bond donors (Lipinski definition) is 1. The number of rotatable bonds is 7. The standard InChI is InChI=1S/C24H24N4O4S/c1-15-6-4-5-7-18(15)28-14-17(13-22(28)30)23-26-27-24(33-23)25-21(29)11-9-16-8-10-19(31-2)20(12-16)32-3/h4-12,17H,13-14H2,1-3H3,(H,25,27,29)/b11-9+. The normalized spacial score (nSPS) is 15.8. The number of benzene rings is 2. The summed E-state index contributed by atoms with van der Waals surface area (Å²) in [6.45, 7) is 2.54. The molecule has 0 radical (unpaired) electrons. The van der Waals surface area contributed by atoms with Crippen LogP contribution in [0.5, 0.6) is 11.5 Å². The van der Waals surface area contributed by atoms with Gasteiger partial charge in [-0.05, 0) is 42.3 Å². The van der Waals surface area contributed by atoms with Crippen LogP contribution in [0.25, 0.3) is 6.08 Å². The number of nitrogens with one attached hydrogen (secondary N) is 1. The predicted octanol–water partition coefficient (Wildman–Crippen LogP) is 4.04. The molecule has 1 aromatic heterocycles. The van der Waals surface area contributed by atoms with Crippen molar-refractivity contribution in [1.29, 1.82) is 0 Å². The van der Waals surface area contributed by atoms with Gasteiger partial charge in [0.15, 0.2) is 11.5 Å². The van der Waals surface area contributed by atoms with Crippen LogP contribution in [-0.4, -0.2) is 42.8 Å². The fraction of sp³-hybridized carbons (Fsp3) is 0.250. The van der Waals surface area contributed by atoms with Gasteiger partial charge >= 0.3 is 0 Å². The highest BCUT2D eigenvalue weighted by Crippen LogP contribution is 2.35. The Hall–Kier alpha value is -3.72. The average Bonchev–Trinajstić information content (AvgIpc) is 3.44. The molecule has 1 fully saturated rings. The van der Waals surface area contributed by atoms with Gasteiger partial charge in [-0.3, -0.25) is 14.9 Å². The van der Waals surface area contributed by atoms with Crippen LogP contribution in [-0.2, 0) is 9.59 Å². The number of aryl methyl sites for hydroxylation is 1. The Morgan fingerprint density at radius 2 is 1.94 bits per heavy atom. The van der Waals surface area contributed by atoms with Crippen molar-refractivity contribution in [3.05, 3.63) is 64.7 Å². The van der Waals surface area contributed by atoms with Crippen molar-refractivity contribution in [3.63, 3.8) is 0 Å². The molecule has 170 valence electrons. The first-order valence-corrected chi connectivity index (χ1v) is 11.2. The summed E-state index contributed by atoms with van der Waals surface area (Å²) >= 11 is 1.29. The molecule has 1 unspecified atom stereocenters. The molecule has 1 aliphatic heterocycles. The van der Waals surface area contributed by atoms with Gasteiger partial charge in [0.25, 0.3) is 0 Å². The summed E-state index contributed by atoms with van der Waals surface area (Å²) in [6.07, 6.45) is 3.46. The largest absolute Gasteiger partial charge is 0.493 e. The molecule has 1 N–H and O–H groups in total. The van der Waals surface area contributed by atoms with Crippen LogP contribution in [0.15, 0.2) is 48.5 Å². The molecular weight excluding hydrogens is 440 g/mol. The van der Waals surface area contributed by atoms with Crippen LogP contribution in [0.1, 0.15) is 28.5 Å². The summed E-state index contributed by atoms with van der Waals surface area (Å²) in [4.78, 5) is 26.7. The van der Waals surface area contributed by atoms with Gasteiger partial charge in [-0.1, -0.05) is 35.6 Å². The van der Waals surface area contributed by atoms with Crippen molar-refractivity contribution < 1.29 is 19.1 Å². The van der Waals surface area contributed by atoms with Crippen molar-refractivity contribution in [2.24, 2.45) is 0 Å². The number of nitrogens with zero attached hydrogens (tertiary/aromatic N) is 3. The van der Waals surface area contributed by atoms with E-state index in [9.17, 15) is 9.59 Å². The molecule has 2 aromatic carbocycles. The number of hydrogen-bond acceptors (Lipinski definition) is 7. The van der Waals surface area contributed by atoms with E-state index < -0.39 is 0 Å². The Morgan fingerprint density at radius 3 is 2.70 bits per heavy atom. The lowest BCUT2D eigenvalue weighted by molar-refractivity contribution is -0.117. The zero-order chi connectivity index (χ0) is 23.4. The first-order chi connectivity index (χ1) is 16.0. The maximum absolute atomic E-state index is 12.6. The van der Waals surface area contributed by atoms with E-state index in [0.29, 0.717) is 29.6 Å². The second-order valence-electron chi connectivity index (χ2n) is 7.57. The molecule has 0 bridgehead atoms. The molecular formula is C24H24N4O4S. The van der Waals surface area contributed by atoms with E-state index in [1.54, 1.807) is 37.3 Å². The van der Waals surface area contributed by atoms with E-state index in [0.717, 1.165) is 21.8 Å². The minimum Gasteiger partial charge on any atom is -0.493 e. The monoisotopic (exact) mass is 464 g/mol. The maximum atomic E-state index is 12.6. The maximum Gasteiger partial charge on any atom is 0.250 e. The van der Waals surface area contributed by atoms with Crippen LogP contribution < -0.4 is 19.7 Å². The molecule has 1 saturated heterocycles. The second-order valence-corrected chi connectivity index (χ2v) is 8.58. The summed E-state index contributed by atoms with van der Waals surface area (Å²) in [5.74, 6) is 0.888. The molecule has 2 heterocycles. The summed E-state index contributed by atoms with van der Waals surface area (Å²) in [5.41, 5.74) is 2.77. The molecule has 33 heavy (non-hydrogen) atoms. The lowest BCUT2D eigenvalue weighted by atomic mass is 10.1. The molecule has 9 heteroatoms. The van der Waals surface area contributed by atoms with Crippen LogP contribution in [0.3, 0.4) is 0 Å². The van der Waals surface area contributed by atoms with Gasteiger partial charge in [-0.25, -0.2) is 0 Å². The van der Waals surface area contributed by atoms with Gasteiger partial charge in [0.2, 0.25) is 16.9 Å². The van der Waals surface area contributed by atoms with Gasteiger partial charge in [0.05, 0.1) is 14.2 Å². The Kier molecular flexibility index (Phi) is 6.69. The van der Waals surface area contributed by atoms with E-state index in [4.69, 9.17) is 9.47 Å². The highest BCUT2D eigenvalue weighted by atomic mass is 32.1. The van der Waals surface area contributed by atoms with E-state index in [1.165, 1.54) is 17.4 Å². The zero-order valence-electron chi connectivity index (χ0n) is 18.6. The number of carbonyl (C=O) groups is 2. The Balaban J connectivity index is 1.39. The predicted molar refractivity (Wildman–Crippen MR) is 128 cm³/mol. The fourth-order valence-electron chi connectivity index (χ4n) is 3.70. The van der Waals surface area contributed by atoms with Crippen LogP contribution in [0.2, 0.25) is 0 Å². The number of amides is 2. The van der Waals surface area contributed by atoms with Gasteiger partial charge in [-0.15, -0.1) is 10.2 Å². The minimum absolute atomic E-state index is 0.0532. The lowest BCUT2D eigenvalue weighted by Gasteiger charge is -2.18. The van der Waals surface area contributed by atoms with E-state index in [1.807, 2.05) is 37.3 Å². The third kappa shape index (κ3) is 5.04. The molecule has 1 aliphatic rings. The smallest absolute Gasteiger partial charge is 0.250 e. The Bertz CT molecular complexity index is 1210. The highest BCUT2D eigenvalue weighted by molar-refractivity contribution is 7.15. The van der Waals surface area contributed by atoms with Crippen molar-refractivity contribution in [2.45, 2.75) is 19.3 Å². The average molecular weight is 465 g/mol. The van der Waals surface area contributed by atoms with Crippen LogP contribution >= 0.6 is 11.3 Å². The topological polar surface area (TPSA) is 93.7 Å². The van der Waals surface area contributed by atoms with Crippen molar-refractivity contribution in [2.75, 3.05) is 31.0 Å². The number of aromatic nitrogens is 2. The van der Waals surface area contributed by atoms with E-state index >= 15 is 0 Å². The molecule has 0 saturated carbocycles. The summed E-state index contributed by atoms with van der Waals surface area (Å²) in [5, 5.41) is 12.2. The van der Waals surface area contributed by atoms with Gasteiger partial charge in [-0.2, -0.15) is 0 Å². The van der Waals surface area contributed by atoms with Crippen LogP contribution in [0.4, 0.5) is 10.8 Å². The number of carbonyl (C=O) groups excluding carboxylic acids is 2. The highest BCUT2D eigenvalue weighted by Gasteiger charge is 2.34. The van der Waals surface area contributed by atoms with Crippen molar-refractivity contribution in [3.8, 4) is 11.5 Å². The van der Waals surface area contributed by atoms with Gasteiger partial charge < -0.3 is 14.4 Å². The van der Waals surface area contributed by atoms with Crippen LogP contribution in [0, 0.1) is 6.92 Å². The molecule has 0 aliphatic carbocycles. The first kappa shape index (κ1) is 22.5. The molecule has 4 rings (SSSR count). The fourth-order valence-corrected chi connectivity index (χ4v) is 4.54. The van der Waals surface area contributed by atoms with Crippen molar-refractivity contribution in [1.82, 2.24) is 10.2 Å². The Labute approximate surface area is 195 Å². The SMILES string of the molecule is COc1ccc(/C=C/C(=O)Nc2nnc(C3CC(=O)N(c4ccccc4C)C3)s2)cc1OC. The minimum atomic E-state index is -0.323. The molecule has 1 atom stereocenters. The number of para-hydroxylation sites is 1. The summed E-state index contributed by atoms with van der Waals surface area (Å²) in [6, 6.07) is 13.2. The summed E-state index contributed by atoms with van der Waals surface area (Å²) < 4.78 is 10.5. The summed E-state index contributed by atoms with van der Waals surface area (Å²) in [7, 11) is 3.13. The number of anilines is 2. The van der Waals surface area contributed by atoms with Gasteiger partial charge in [0.1, 0.15) is 5.01 Å². The molecule has 8 nitrogen and oxygen atoms in total. The number of ether oxygens (including phenoxy) is 2. The quantitative estimate of drug-likeness (QED) is 0.531. The lowest BCUT2D eigenvalue weighted by Crippen LogP contribution is -2.25. The molecule has 3 aromatic rings.